The molecule has 5 nitrogen and oxygen atoms in total. The lowest BCUT2D eigenvalue weighted by Crippen LogP contribution is -2.23. The van der Waals surface area contributed by atoms with Crippen LogP contribution in [0.5, 0.6) is 0 Å². The van der Waals surface area contributed by atoms with E-state index in [1.807, 2.05) is 59.1 Å². The normalized spacial score (nSPS) is 11.0. The molecule has 0 fully saturated rings. The highest BCUT2D eigenvalue weighted by Crippen LogP contribution is 2.32. The van der Waals surface area contributed by atoms with E-state index in [1.54, 1.807) is 23.9 Å². The van der Waals surface area contributed by atoms with Crippen molar-refractivity contribution in [2.24, 2.45) is 0 Å². The van der Waals surface area contributed by atoms with E-state index in [9.17, 15) is 4.79 Å². The van der Waals surface area contributed by atoms with Crippen molar-refractivity contribution in [2.45, 2.75) is 17.2 Å². The van der Waals surface area contributed by atoms with Crippen LogP contribution in [0.15, 0.2) is 71.8 Å². The molecule has 8 heteroatoms. The second kappa shape index (κ2) is 8.86. The summed E-state index contributed by atoms with van der Waals surface area (Å²) in [5.74, 6) is 1.25. The van der Waals surface area contributed by atoms with Gasteiger partial charge in [-0.3, -0.25) is 9.20 Å². The van der Waals surface area contributed by atoms with Gasteiger partial charge in [0.25, 0.3) is 5.91 Å². The molecule has 0 spiro atoms. The van der Waals surface area contributed by atoms with Crippen LogP contribution in [0.4, 0.5) is 0 Å². The minimum absolute atomic E-state index is 0.158. The topological polar surface area (TPSA) is 59.3 Å². The van der Waals surface area contributed by atoms with Gasteiger partial charge in [0.05, 0.1) is 11.6 Å². The van der Waals surface area contributed by atoms with Crippen LogP contribution in [0.25, 0.3) is 5.65 Å². The molecule has 1 amide bonds. The molecule has 4 rings (SSSR count). The number of carbonyl (C=O) groups excluding carboxylic acids is 1. The van der Waals surface area contributed by atoms with Crippen LogP contribution < -0.4 is 5.32 Å². The highest BCUT2D eigenvalue weighted by atomic mass is 35.5. The number of carbonyl (C=O) groups is 1. The lowest BCUT2D eigenvalue weighted by molar-refractivity contribution is 0.0950. The van der Waals surface area contributed by atoms with Gasteiger partial charge >= 0.3 is 0 Å². The third-order valence-electron chi connectivity index (χ3n) is 4.30. The predicted molar refractivity (Wildman–Crippen MR) is 117 cm³/mol. The van der Waals surface area contributed by atoms with E-state index in [-0.39, 0.29) is 5.91 Å². The molecule has 146 valence electrons. The van der Waals surface area contributed by atoms with Crippen LogP contribution in [-0.2, 0) is 12.3 Å². The highest BCUT2D eigenvalue weighted by molar-refractivity contribution is 7.98. The molecule has 0 saturated heterocycles. The Balaban J connectivity index is 1.36. The van der Waals surface area contributed by atoms with E-state index in [4.69, 9.17) is 23.2 Å². The number of thioether (sulfide) groups is 1. The van der Waals surface area contributed by atoms with Crippen molar-refractivity contribution in [2.75, 3.05) is 0 Å². The summed E-state index contributed by atoms with van der Waals surface area (Å²) in [4.78, 5) is 13.4. The van der Waals surface area contributed by atoms with Crippen molar-refractivity contribution in [3.05, 3.63) is 93.9 Å². The maximum absolute atomic E-state index is 12.4. The number of fused-ring (bicyclic) bond motifs is 1. The molecule has 0 unspecified atom stereocenters. The fourth-order valence-electron chi connectivity index (χ4n) is 2.77. The first-order chi connectivity index (χ1) is 14.1. The number of pyridine rings is 1. The number of nitrogens with zero attached hydrogens (tertiary/aromatic N) is 3. The minimum atomic E-state index is -0.158. The number of rotatable bonds is 6. The van der Waals surface area contributed by atoms with E-state index in [0.717, 1.165) is 21.9 Å². The molecule has 4 aromatic rings. The first-order valence-corrected chi connectivity index (χ1v) is 10.6. The Labute approximate surface area is 182 Å². The monoisotopic (exact) mass is 442 g/mol. The Morgan fingerprint density at radius 1 is 1.03 bits per heavy atom. The molecule has 0 atom stereocenters. The average Bonchev–Trinajstić information content (AvgIpc) is 3.16. The van der Waals surface area contributed by atoms with Gasteiger partial charge in [0.2, 0.25) is 0 Å². The Kier molecular flexibility index (Phi) is 6.04. The summed E-state index contributed by atoms with van der Waals surface area (Å²) in [6.07, 6.45) is 1.87. The molecule has 0 radical (unpaired) electrons. The molecule has 2 aromatic heterocycles. The summed E-state index contributed by atoms with van der Waals surface area (Å²) >= 11 is 13.8. The fourth-order valence-corrected chi connectivity index (χ4v) is 4.22. The minimum Gasteiger partial charge on any atom is -0.345 e. The zero-order valence-corrected chi connectivity index (χ0v) is 17.5. The number of benzene rings is 2. The first-order valence-electron chi connectivity index (χ1n) is 8.84. The standard InChI is InChI=1S/C21H16Cl2N4OS/c22-16-8-9-17(23)18(11-16)29-13-14-4-6-15(7-5-14)21(28)24-12-20-26-25-19-3-1-2-10-27(19)20/h1-11H,12-13H2,(H,24,28). The maximum Gasteiger partial charge on any atom is 0.251 e. The van der Waals surface area contributed by atoms with Gasteiger partial charge in [0.15, 0.2) is 11.5 Å². The maximum atomic E-state index is 12.4. The highest BCUT2D eigenvalue weighted by Gasteiger charge is 2.09. The molecular weight excluding hydrogens is 427 g/mol. The molecule has 2 aromatic carbocycles. The SMILES string of the molecule is O=C(NCc1nnc2ccccn12)c1ccc(CSc2cc(Cl)ccc2Cl)cc1. The summed E-state index contributed by atoms with van der Waals surface area (Å²) in [6, 6.07) is 18.6. The smallest absolute Gasteiger partial charge is 0.251 e. The Morgan fingerprint density at radius 3 is 2.69 bits per heavy atom. The fraction of sp³-hybridized carbons (Fsp3) is 0.0952. The number of amides is 1. The molecule has 0 aliphatic heterocycles. The Bertz CT molecular complexity index is 1160. The van der Waals surface area contributed by atoms with Gasteiger partial charge in [0, 0.05) is 27.4 Å². The summed E-state index contributed by atoms with van der Waals surface area (Å²) in [5, 5.41) is 12.4. The number of aromatic nitrogens is 3. The number of hydrogen-bond donors (Lipinski definition) is 1. The molecular formula is C21H16Cl2N4OS. The van der Waals surface area contributed by atoms with Gasteiger partial charge in [-0.15, -0.1) is 22.0 Å². The first kappa shape index (κ1) is 19.8. The summed E-state index contributed by atoms with van der Waals surface area (Å²) in [7, 11) is 0. The number of halogens is 2. The quantitative estimate of drug-likeness (QED) is 0.413. The van der Waals surface area contributed by atoms with E-state index in [0.29, 0.717) is 28.0 Å². The molecule has 0 saturated carbocycles. The molecule has 0 aliphatic carbocycles. The molecule has 29 heavy (non-hydrogen) atoms. The van der Waals surface area contributed by atoms with Crippen LogP contribution in [0, 0.1) is 0 Å². The van der Waals surface area contributed by atoms with Gasteiger partial charge in [-0.2, -0.15) is 0 Å². The van der Waals surface area contributed by atoms with Gasteiger partial charge < -0.3 is 5.32 Å². The third kappa shape index (κ3) is 4.72. The van der Waals surface area contributed by atoms with Crippen LogP contribution in [0.1, 0.15) is 21.7 Å². The Morgan fingerprint density at radius 2 is 1.86 bits per heavy atom. The molecule has 0 bridgehead atoms. The van der Waals surface area contributed by atoms with E-state index in [1.165, 1.54) is 0 Å². The zero-order chi connectivity index (χ0) is 20.2. The van der Waals surface area contributed by atoms with Crippen molar-refractivity contribution in [3.63, 3.8) is 0 Å². The second-order valence-electron chi connectivity index (χ2n) is 6.29. The molecule has 0 aliphatic rings. The van der Waals surface area contributed by atoms with E-state index >= 15 is 0 Å². The van der Waals surface area contributed by atoms with Gasteiger partial charge in [-0.25, -0.2) is 0 Å². The predicted octanol–water partition coefficient (Wildman–Crippen LogP) is 5.26. The largest absolute Gasteiger partial charge is 0.345 e. The van der Waals surface area contributed by atoms with Gasteiger partial charge in [0.1, 0.15) is 0 Å². The lowest BCUT2D eigenvalue weighted by atomic mass is 10.1. The van der Waals surface area contributed by atoms with Gasteiger partial charge in [-0.1, -0.05) is 41.4 Å². The Hall–Kier alpha value is -2.54. The van der Waals surface area contributed by atoms with Crippen LogP contribution in [-0.4, -0.2) is 20.5 Å². The van der Waals surface area contributed by atoms with Crippen molar-refractivity contribution >= 4 is 46.5 Å². The van der Waals surface area contributed by atoms with Crippen LogP contribution in [0.2, 0.25) is 10.0 Å². The summed E-state index contributed by atoms with van der Waals surface area (Å²) in [5.41, 5.74) is 2.43. The molecule has 2 heterocycles. The third-order valence-corrected chi connectivity index (χ3v) is 6.10. The van der Waals surface area contributed by atoms with Crippen molar-refractivity contribution in [1.29, 1.82) is 0 Å². The molecule has 1 N–H and O–H groups in total. The zero-order valence-electron chi connectivity index (χ0n) is 15.2. The number of hydrogen-bond acceptors (Lipinski definition) is 4. The van der Waals surface area contributed by atoms with Crippen molar-refractivity contribution in [1.82, 2.24) is 19.9 Å². The van der Waals surface area contributed by atoms with Crippen LogP contribution in [0.3, 0.4) is 0 Å². The van der Waals surface area contributed by atoms with Gasteiger partial charge in [-0.05, 0) is 48.0 Å². The average molecular weight is 443 g/mol. The van der Waals surface area contributed by atoms with E-state index in [2.05, 4.69) is 15.5 Å². The summed E-state index contributed by atoms with van der Waals surface area (Å²) < 4.78 is 1.85. The number of nitrogens with one attached hydrogen (secondary N) is 1. The van der Waals surface area contributed by atoms with Crippen LogP contribution >= 0.6 is 35.0 Å². The summed E-state index contributed by atoms with van der Waals surface area (Å²) in [6.45, 7) is 0.300. The second-order valence-corrected chi connectivity index (χ2v) is 8.15. The lowest BCUT2D eigenvalue weighted by Gasteiger charge is -2.07. The van der Waals surface area contributed by atoms with Crippen molar-refractivity contribution in [3.8, 4) is 0 Å². The van der Waals surface area contributed by atoms with E-state index < -0.39 is 0 Å². The van der Waals surface area contributed by atoms with Crippen molar-refractivity contribution < 1.29 is 4.79 Å².